The molecule has 1 N–H and O–H groups in total. The van der Waals surface area contributed by atoms with Crippen LogP contribution in [0.5, 0.6) is 0 Å². The summed E-state index contributed by atoms with van der Waals surface area (Å²) in [6, 6.07) is 14.7. The quantitative estimate of drug-likeness (QED) is 0.204. The Morgan fingerprint density at radius 3 is 2.35 bits per heavy atom. The van der Waals surface area contributed by atoms with Crippen molar-refractivity contribution in [3.05, 3.63) is 131 Å². The second-order valence-corrected chi connectivity index (χ2v) is 15.2. The molecule has 2 fully saturated rings. The van der Waals surface area contributed by atoms with Crippen molar-refractivity contribution in [2.75, 3.05) is 26.3 Å². The van der Waals surface area contributed by atoms with E-state index in [4.69, 9.17) is 9.72 Å². The second-order valence-electron chi connectivity index (χ2n) is 13.3. The highest BCUT2D eigenvalue weighted by Gasteiger charge is 2.29. The van der Waals surface area contributed by atoms with Crippen LogP contribution in [0.3, 0.4) is 0 Å². The molecule has 16 heteroatoms. The summed E-state index contributed by atoms with van der Waals surface area (Å²) in [5.74, 6) is -1.67. The molecule has 8 rings (SSSR count). The minimum absolute atomic E-state index is 0.0242. The molecule has 13 nitrogen and oxygen atoms in total. The maximum Gasteiger partial charge on any atom is 0.266 e. The summed E-state index contributed by atoms with van der Waals surface area (Å²) in [4.78, 5) is 41.4. The number of ether oxygens (including phenoxy) is 1. The first-order valence-electron chi connectivity index (χ1n) is 17.4. The molecule has 1 unspecified atom stereocenters. The van der Waals surface area contributed by atoms with E-state index in [1.165, 1.54) is 44.1 Å². The lowest BCUT2D eigenvalue weighted by Gasteiger charge is -2.26. The minimum Gasteiger partial charge on any atom is -0.379 e. The van der Waals surface area contributed by atoms with Gasteiger partial charge >= 0.3 is 0 Å². The highest BCUT2D eigenvalue weighted by Crippen LogP contribution is 2.38. The molecule has 0 bridgehead atoms. The minimum atomic E-state index is -3.85. The van der Waals surface area contributed by atoms with E-state index in [-0.39, 0.29) is 72.1 Å². The molecule has 54 heavy (non-hydrogen) atoms. The Labute approximate surface area is 308 Å². The maximum absolute atomic E-state index is 14.6. The number of morpholine rings is 1. The molecule has 1 saturated heterocycles. The van der Waals surface area contributed by atoms with Crippen molar-refractivity contribution in [3.8, 4) is 16.8 Å². The topological polar surface area (TPSA) is 154 Å². The number of hydrogen-bond acceptors (Lipinski definition) is 9. The van der Waals surface area contributed by atoms with Gasteiger partial charge in [-0.3, -0.25) is 18.8 Å². The van der Waals surface area contributed by atoms with E-state index in [1.807, 2.05) is 6.07 Å². The van der Waals surface area contributed by atoms with E-state index in [2.05, 4.69) is 20.4 Å². The lowest BCUT2D eigenvalue weighted by molar-refractivity contribution is -0.122. The number of nitrogens with zero attached hydrogens (tertiary/aromatic N) is 7. The smallest absolute Gasteiger partial charge is 0.266 e. The van der Waals surface area contributed by atoms with Crippen LogP contribution in [-0.2, 0) is 32.5 Å². The highest BCUT2D eigenvalue weighted by atomic mass is 32.2. The van der Waals surface area contributed by atoms with Crippen LogP contribution in [0.1, 0.15) is 41.9 Å². The van der Waals surface area contributed by atoms with Gasteiger partial charge in [0.25, 0.3) is 5.56 Å². The lowest BCUT2D eigenvalue weighted by atomic mass is 10.0. The molecule has 0 spiro atoms. The average molecular weight is 753 g/mol. The molecule has 1 saturated carbocycles. The van der Waals surface area contributed by atoms with Gasteiger partial charge in [0.05, 0.1) is 46.4 Å². The first-order valence-corrected chi connectivity index (χ1v) is 18.8. The standard InChI is InChI=1S/C38H34F2N8O5S/c39-28-15-24(16-29(40)19-28)17-35(43-36(49)22-46-10-9-33(45-46)25-1-2-25)37-44-34-18-26(27-20-41-23-42-21-27)3-8-32(34)38(50)48(37)30-4-6-31(7-5-30)54(51,52)47-11-13-53-14-12-47/h3-10,15-16,18-21,23,25,35H,1-2,11-14,17,22H2,(H,43,49). The van der Waals surface area contributed by atoms with Crippen molar-refractivity contribution in [3.63, 3.8) is 0 Å². The Bertz CT molecular complexity index is 2500. The van der Waals surface area contributed by atoms with E-state index < -0.39 is 39.2 Å². The van der Waals surface area contributed by atoms with Crippen molar-refractivity contribution >= 4 is 26.8 Å². The molecule has 1 aliphatic carbocycles. The molecule has 0 radical (unpaired) electrons. The number of fused-ring (bicyclic) bond motifs is 1. The van der Waals surface area contributed by atoms with Crippen molar-refractivity contribution < 1.29 is 26.7 Å². The normalized spacial score (nSPS) is 15.7. The zero-order valence-electron chi connectivity index (χ0n) is 28.8. The van der Waals surface area contributed by atoms with Gasteiger partial charge in [-0.25, -0.2) is 32.2 Å². The van der Waals surface area contributed by atoms with E-state index in [0.717, 1.165) is 36.7 Å². The van der Waals surface area contributed by atoms with Crippen LogP contribution in [0.2, 0.25) is 0 Å². The number of sulfonamides is 1. The largest absolute Gasteiger partial charge is 0.379 e. The Balaban J connectivity index is 1.25. The van der Waals surface area contributed by atoms with Gasteiger partial charge in [-0.15, -0.1) is 0 Å². The SMILES string of the molecule is O=C(Cn1ccc(C2CC2)n1)NC(Cc1cc(F)cc(F)c1)c1nc2cc(-c3cncnc3)ccc2c(=O)n1-c1ccc(S(=O)(=O)N2CCOCC2)cc1. The molecule has 2 aliphatic rings. The van der Waals surface area contributed by atoms with E-state index in [9.17, 15) is 26.8 Å². The number of carbonyl (C=O) groups is 1. The van der Waals surface area contributed by atoms with Crippen LogP contribution in [0.25, 0.3) is 27.7 Å². The average Bonchev–Trinajstić information content (AvgIpc) is 3.92. The van der Waals surface area contributed by atoms with Gasteiger partial charge in [0, 0.05) is 55.6 Å². The summed E-state index contributed by atoms with van der Waals surface area (Å²) < 4.78 is 65.4. The summed E-state index contributed by atoms with van der Waals surface area (Å²) >= 11 is 0. The molecule has 276 valence electrons. The molecule has 3 aromatic carbocycles. The van der Waals surface area contributed by atoms with Crippen molar-refractivity contribution in [1.29, 1.82) is 0 Å². The summed E-state index contributed by atoms with van der Waals surface area (Å²) in [5.41, 5.74) is 2.49. The number of carbonyl (C=O) groups excluding carboxylic acids is 1. The van der Waals surface area contributed by atoms with Gasteiger partial charge in [-0.2, -0.15) is 9.40 Å². The lowest BCUT2D eigenvalue weighted by Crippen LogP contribution is -2.40. The number of hydrogen-bond donors (Lipinski definition) is 1. The number of rotatable bonds is 11. The number of benzene rings is 3. The summed E-state index contributed by atoms with van der Waals surface area (Å²) in [6.45, 7) is 0.818. The molecule has 3 aromatic heterocycles. The molecule has 4 heterocycles. The Kier molecular flexibility index (Phi) is 9.56. The van der Waals surface area contributed by atoms with Crippen LogP contribution in [0, 0.1) is 11.6 Å². The summed E-state index contributed by atoms with van der Waals surface area (Å²) in [7, 11) is -3.85. The molecular formula is C38H34F2N8O5S. The van der Waals surface area contributed by atoms with Crippen LogP contribution in [0.15, 0.2) is 101 Å². The van der Waals surface area contributed by atoms with Gasteiger partial charge in [-0.1, -0.05) is 6.07 Å². The van der Waals surface area contributed by atoms with Gasteiger partial charge in [0.2, 0.25) is 15.9 Å². The molecule has 6 aromatic rings. The number of nitrogens with one attached hydrogen (secondary N) is 1. The number of halogens is 2. The fraction of sp³-hybridized carbons (Fsp3) is 0.263. The third-order valence-corrected chi connectivity index (χ3v) is 11.4. The van der Waals surface area contributed by atoms with E-state index >= 15 is 0 Å². The van der Waals surface area contributed by atoms with Gasteiger partial charge < -0.3 is 10.1 Å². The molecule has 1 amide bonds. The maximum atomic E-state index is 14.6. The zero-order valence-corrected chi connectivity index (χ0v) is 29.6. The van der Waals surface area contributed by atoms with E-state index in [0.29, 0.717) is 17.0 Å². The first-order chi connectivity index (χ1) is 26.1. The van der Waals surface area contributed by atoms with Crippen molar-refractivity contribution in [2.24, 2.45) is 0 Å². The zero-order chi connectivity index (χ0) is 37.4. The molecule has 1 aliphatic heterocycles. The Morgan fingerprint density at radius 1 is 0.926 bits per heavy atom. The van der Waals surface area contributed by atoms with E-state index in [1.54, 1.807) is 36.8 Å². The van der Waals surface area contributed by atoms with Gasteiger partial charge in [-0.05, 0) is 78.6 Å². The third kappa shape index (κ3) is 7.40. The molecular weight excluding hydrogens is 719 g/mol. The third-order valence-electron chi connectivity index (χ3n) is 9.46. The van der Waals surface area contributed by atoms with Crippen LogP contribution < -0.4 is 10.9 Å². The second kappa shape index (κ2) is 14.6. The Hall–Kier alpha value is -5.71. The van der Waals surface area contributed by atoms with Crippen LogP contribution >= 0.6 is 0 Å². The predicted octanol–water partition coefficient (Wildman–Crippen LogP) is 4.32. The van der Waals surface area contributed by atoms with Crippen molar-refractivity contribution in [2.45, 2.75) is 42.7 Å². The van der Waals surface area contributed by atoms with Crippen LogP contribution in [-0.4, -0.2) is 74.2 Å². The summed E-state index contributed by atoms with van der Waals surface area (Å²) in [5, 5.41) is 7.72. The number of amides is 1. The fourth-order valence-electron chi connectivity index (χ4n) is 6.64. The monoisotopic (exact) mass is 752 g/mol. The van der Waals surface area contributed by atoms with Crippen molar-refractivity contribution in [1.82, 2.24) is 38.9 Å². The van der Waals surface area contributed by atoms with Gasteiger partial charge in [0.1, 0.15) is 30.3 Å². The molecule has 1 atom stereocenters. The Morgan fingerprint density at radius 2 is 1.65 bits per heavy atom. The summed E-state index contributed by atoms with van der Waals surface area (Å²) in [6.07, 6.45) is 8.29. The fourth-order valence-corrected chi connectivity index (χ4v) is 8.05. The predicted molar refractivity (Wildman–Crippen MR) is 193 cm³/mol. The highest BCUT2D eigenvalue weighted by molar-refractivity contribution is 7.89. The van der Waals surface area contributed by atoms with Gasteiger partial charge in [0.15, 0.2) is 0 Å². The van der Waals surface area contributed by atoms with Crippen LogP contribution in [0.4, 0.5) is 8.78 Å². The first kappa shape index (κ1) is 35.3. The number of aromatic nitrogens is 6.